The maximum absolute atomic E-state index is 13.4. The predicted molar refractivity (Wildman–Crippen MR) is 82.5 cm³/mol. The zero-order valence-corrected chi connectivity index (χ0v) is 13.0. The molecule has 114 valence electrons. The largest absolute Gasteiger partial charge is 0.318 e. The van der Waals surface area contributed by atoms with E-state index in [-0.39, 0.29) is 5.69 Å². The van der Waals surface area contributed by atoms with Gasteiger partial charge >= 0.3 is 11.8 Å². The summed E-state index contributed by atoms with van der Waals surface area (Å²) in [6.07, 6.45) is 0. The van der Waals surface area contributed by atoms with E-state index in [4.69, 9.17) is 0 Å². The number of halogens is 3. The molecule has 0 radical (unpaired) electrons. The Kier molecular flexibility index (Phi) is 4.87. The van der Waals surface area contributed by atoms with Crippen molar-refractivity contribution < 1.29 is 18.4 Å². The summed E-state index contributed by atoms with van der Waals surface area (Å²) >= 11 is 3.32. The van der Waals surface area contributed by atoms with Crippen molar-refractivity contribution in [1.29, 1.82) is 0 Å². The lowest BCUT2D eigenvalue weighted by Gasteiger charge is -2.08. The van der Waals surface area contributed by atoms with Crippen molar-refractivity contribution >= 4 is 39.1 Å². The van der Waals surface area contributed by atoms with Gasteiger partial charge in [-0.25, -0.2) is 8.78 Å². The van der Waals surface area contributed by atoms with Crippen molar-refractivity contribution in [2.75, 3.05) is 10.6 Å². The fourth-order valence-corrected chi connectivity index (χ4v) is 1.93. The van der Waals surface area contributed by atoms with Crippen LogP contribution >= 0.6 is 15.9 Å². The van der Waals surface area contributed by atoms with Gasteiger partial charge in [0.2, 0.25) is 0 Å². The van der Waals surface area contributed by atoms with Crippen LogP contribution in [0.25, 0.3) is 0 Å². The van der Waals surface area contributed by atoms with E-state index < -0.39 is 23.4 Å². The van der Waals surface area contributed by atoms with Crippen molar-refractivity contribution in [1.82, 2.24) is 0 Å². The molecule has 7 heteroatoms. The number of hydrogen-bond acceptors (Lipinski definition) is 2. The number of benzene rings is 2. The molecule has 2 aromatic carbocycles. The molecule has 2 aromatic rings. The van der Waals surface area contributed by atoms with E-state index in [1.165, 1.54) is 0 Å². The molecule has 2 rings (SSSR count). The number of anilines is 2. The minimum Gasteiger partial charge on any atom is -0.318 e. The van der Waals surface area contributed by atoms with Gasteiger partial charge in [-0.05, 0) is 42.8 Å². The molecular formula is C15H11BrF2N2O2. The van der Waals surface area contributed by atoms with Gasteiger partial charge in [-0.3, -0.25) is 9.59 Å². The van der Waals surface area contributed by atoms with E-state index in [0.717, 1.165) is 22.2 Å². The molecule has 0 spiro atoms. The Labute approximate surface area is 133 Å². The van der Waals surface area contributed by atoms with Gasteiger partial charge in [-0.15, -0.1) is 0 Å². The average molecular weight is 369 g/mol. The van der Waals surface area contributed by atoms with Crippen molar-refractivity contribution in [2.45, 2.75) is 6.92 Å². The van der Waals surface area contributed by atoms with Gasteiger partial charge in [0.15, 0.2) is 0 Å². The summed E-state index contributed by atoms with van der Waals surface area (Å²) in [6.45, 7) is 1.83. The summed E-state index contributed by atoms with van der Waals surface area (Å²) in [7, 11) is 0. The molecule has 0 bridgehead atoms. The zero-order chi connectivity index (χ0) is 16.3. The minimum absolute atomic E-state index is 0.270. The summed E-state index contributed by atoms with van der Waals surface area (Å²) in [4.78, 5) is 23.5. The standard InChI is InChI=1S/C15H11BrF2N2O2/c1-8-6-10(3-4-11(8)16)19-14(21)15(22)20-13-5-2-9(17)7-12(13)18/h2-7H,1H3,(H,19,21)(H,20,22). The van der Waals surface area contributed by atoms with Crippen LogP contribution in [-0.2, 0) is 9.59 Å². The first kappa shape index (κ1) is 16.1. The molecule has 0 aliphatic heterocycles. The minimum atomic E-state index is -1.05. The Morgan fingerprint density at radius 2 is 1.68 bits per heavy atom. The first-order chi connectivity index (χ1) is 10.4. The number of hydrogen-bond donors (Lipinski definition) is 2. The number of nitrogens with one attached hydrogen (secondary N) is 2. The highest BCUT2D eigenvalue weighted by Crippen LogP contribution is 2.20. The van der Waals surface area contributed by atoms with Crippen LogP contribution in [-0.4, -0.2) is 11.8 Å². The van der Waals surface area contributed by atoms with E-state index in [1.807, 2.05) is 6.92 Å². The zero-order valence-electron chi connectivity index (χ0n) is 11.4. The molecule has 2 N–H and O–H groups in total. The Morgan fingerprint density at radius 3 is 2.32 bits per heavy atom. The summed E-state index contributed by atoms with van der Waals surface area (Å²) in [5.41, 5.74) is 1.04. The first-order valence-corrected chi connectivity index (χ1v) is 6.99. The number of carbonyl (C=O) groups is 2. The molecule has 22 heavy (non-hydrogen) atoms. The fraction of sp³-hybridized carbons (Fsp3) is 0.0667. The maximum atomic E-state index is 13.4. The highest BCUT2D eigenvalue weighted by Gasteiger charge is 2.16. The Bertz CT molecular complexity index is 750. The average Bonchev–Trinajstić information content (AvgIpc) is 2.45. The quantitative estimate of drug-likeness (QED) is 0.795. The van der Waals surface area contributed by atoms with Crippen LogP contribution in [0.5, 0.6) is 0 Å². The lowest BCUT2D eigenvalue weighted by molar-refractivity contribution is -0.133. The molecule has 0 atom stereocenters. The van der Waals surface area contributed by atoms with E-state index in [2.05, 4.69) is 26.6 Å². The topological polar surface area (TPSA) is 58.2 Å². The second-order valence-electron chi connectivity index (χ2n) is 4.50. The van der Waals surface area contributed by atoms with Gasteiger partial charge in [0.1, 0.15) is 11.6 Å². The third kappa shape index (κ3) is 3.88. The predicted octanol–water partition coefficient (Wildman–Crippen LogP) is 3.61. The lowest BCUT2D eigenvalue weighted by Crippen LogP contribution is -2.29. The summed E-state index contributed by atoms with van der Waals surface area (Å²) in [6, 6.07) is 7.65. The molecule has 4 nitrogen and oxygen atoms in total. The van der Waals surface area contributed by atoms with E-state index in [1.54, 1.807) is 18.2 Å². The van der Waals surface area contributed by atoms with E-state index >= 15 is 0 Å². The van der Waals surface area contributed by atoms with Gasteiger partial charge < -0.3 is 10.6 Å². The van der Waals surface area contributed by atoms with Gasteiger partial charge in [0, 0.05) is 16.2 Å². The maximum Gasteiger partial charge on any atom is 0.314 e. The molecule has 0 aliphatic rings. The Hall–Kier alpha value is -2.28. The monoisotopic (exact) mass is 368 g/mol. The number of carbonyl (C=O) groups excluding carboxylic acids is 2. The second-order valence-corrected chi connectivity index (χ2v) is 5.35. The molecule has 0 fully saturated rings. The highest BCUT2D eigenvalue weighted by molar-refractivity contribution is 9.10. The van der Waals surface area contributed by atoms with Crippen molar-refractivity contribution in [3.63, 3.8) is 0 Å². The normalized spacial score (nSPS) is 10.2. The molecule has 0 saturated heterocycles. The van der Waals surface area contributed by atoms with Gasteiger partial charge in [-0.1, -0.05) is 15.9 Å². The number of rotatable bonds is 2. The molecule has 0 heterocycles. The molecule has 2 amide bonds. The summed E-state index contributed by atoms with van der Waals surface area (Å²) < 4.78 is 27.0. The SMILES string of the molecule is Cc1cc(NC(=O)C(=O)Nc2ccc(F)cc2F)ccc1Br. The van der Waals surface area contributed by atoms with E-state index in [9.17, 15) is 18.4 Å². The van der Waals surface area contributed by atoms with Crippen LogP contribution in [0, 0.1) is 18.6 Å². The van der Waals surface area contributed by atoms with Crippen molar-refractivity contribution in [2.24, 2.45) is 0 Å². The third-order valence-corrected chi connectivity index (χ3v) is 3.69. The number of amides is 2. The van der Waals surface area contributed by atoms with Crippen LogP contribution in [0.2, 0.25) is 0 Å². The van der Waals surface area contributed by atoms with Gasteiger partial charge in [-0.2, -0.15) is 0 Å². The first-order valence-electron chi connectivity index (χ1n) is 6.20. The van der Waals surface area contributed by atoms with Crippen LogP contribution in [0.1, 0.15) is 5.56 Å². The van der Waals surface area contributed by atoms with Crippen molar-refractivity contribution in [3.05, 3.63) is 58.1 Å². The molecule has 0 aromatic heterocycles. The van der Waals surface area contributed by atoms with Crippen LogP contribution in [0.4, 0.5) is 20.2 Å². The van der Waals surface area contributed by atoms with Crippen LogP contribution in [0.3, 0.4) is 0 Å². The third-order valence-electron chi connectivity index (χ3n) is 2.80. The smallest absolute Gasteiger partial charge is 0.314 e. The lowest BCUT2D eigenvalue weighted by atomic mass is 10.2. The number of aryl methyl sites for hydroxylation is 1. The molecule has 0 saturated carbocycles. The van der Waals surface area contributed by atoms with Crippen LogP contribution in [0.15, 0.2) is 40.9 Å². The van der Waals surface area contributed by atoms with Gasteiger partial charge in [0.25, 0.3) is 0 Å². The van der Waals surface area contributed by atoms with E-state index in [0.29, 0.717) is 11.8 Å². The molecular weight excluding hydrogens is 358 g/mol. The summed E-state index contributed by atoms with van der Waals surface area (Å²) in [5, 5.41) is 4.47. The second kappa shape index (κ2) is 6.65. The van der Waals surface area contributed by atoms with Gasteiger partial charge in [0.05, 0.1) is 5.69 Å². The summed E-state index contributed by atoms with van der Waals surface area (Å²) in [5.74, 6) is -3.73. The van der Waals surface area contributed by atoms with Crippen molar-refractivity contribution in [3.8, 4) is 0 Å². The molecule has 0 unspecified atom stereocenters. The molecule has 0 aliphatic carbocycles. The fourth-order valence-electron chi connectivity index (χ4n) is 1.68. The Morgan fingerprint density at radius 1 is 1.00 bits per heavy atom. The Balaban J connectivity index is 2.05. The highest BCUT2D eigenvalue weighted by atomic mass is 79.9. The van der Waals surface area contributed by atoms with Crippen LogP contribution < -0.4 is 10.6 Å².